The van der Waals surface area contributed by atoms with Crippen molar-refractivity contribution < 1.29 is 31.1 Å². The maximum atomic E-state index is 12.9. The molecule has 1 aromatic carbocycles. The van der Waals surface area contributed by atoms with Gasteiger partial charge in [-0.25, -0.2) is 13.2 Å². The van der Waals surface area contributed by atoms with Crippen LogP contribution in [0, 0.1) is 0 Å². The van der Waals surface area contributed by atoms with Gasteiger partial charge in [0, 0.05) is 5.69 Å². The predicted octanol–water partition coefficient (Wildman–Crippen LogP) is 3.32. The van der Waals surface area contributed by atoms with Crippen LogP contribution >= 0.6 is 0 Å². The van der Waals surface area contributed by atoms with Crippen molar-refractivity contribution in [2.24, 2.45) is 0 Å². The van der Waals surface area contributed by atoms with Gasteiger partial charge in [-0.2, -0.15) is 13.2 Å². The van der Waals surface area contributed by atoms with Crippen LogP contribution in [0.1, 0.15) is 5.56 Å². The zero-order chi connectivity index (χ0) is 14.7. The lowest BCUT2D eigenvalue weighted by molar-refractivity contribution is -0.256. The van der Waals surface area contributed by atoms with Crippen molar-refractivity contribution in [1.29, 1.82) is 0 Å². The SMILES string of the molecule is Nc1cccc(COCC(F)(F)C(F)C(F)(F)F)c1. The molecule has 0 heterocycles. The van der Waals surface area contributed by atoms with Crippen molar-refractivity contribution in [1.82, 2.24) is 0 Å². The normalized spacial score (nSPS) is 14.4. The molecule has 0 aliphatic heterocycles. The summed E-state index contributed by atoms with van der Waals surface area (Å²) in [6, 6.07) is 5.97. The minimum Gasteiger partial charge on any atom is -0.399 e. The van der Waals surface area contributed by atoms with E-state index in [9.17, 15) is 26.3 Å². The van der Waals surface area contributed by atoms with E-state index in [2.05, 4.69) is 4.74 Å². The molecular formula is C11H11F6NO. The molecule has 108 valence electrons. The van der Waals surface area contributed by atoms with Crippen molar-refractivity contribution >= 4 is 5.69 Å². The average molecular weight is 287 g/mol. The molecule has 0 spiro atoms. The Hall–Kier alpha value is -1.44. The van der Waals surface area contributed by atoms with Crippen molar-refractivity contribution in [2.45, 2.75) is 24.9 Å². The van der Waals surface area contributed by atoms with Crippen LogP contribution < -0.4 is 5.73 Å². The van der Waals surface area contributed by atoms with Gasteiger partial charge in [0.25, 0.3) is 6.17 Å². The lowest BCUT2D eigenvalue weighted by atomic mass is 10.2. The summed E-state index contributed by atoms with van der Waals surface area (Å²) < 4.78 is 78.1. The van der Waals surface area contributed by atoms with Crippen LogP contribution in [-0.4, -0.2) is 24.9 Å². The van der Waals surface area contributed by atoms with E-state index in [1.54, 1.807) is 6.07 Å². The maximum Gasteiger partial charge on any atom is 0.425 e. The Kier molecular flexibility index (Phi) is 4.67. The van der Waals surface area contributed by atoms with Gasteiger partial charge in [0.1, 0.15) is 6.61 Å². The Morgan fingerprint density at radius 1 is 1.16 bits per heavy atom. The van der Waals surface area contributed by atoms with Crippen LogP contribution in [0.15, 0.2) is 24.3 Å². The van der Waals surface area contributed by atoms with E-state index in [0.29, 0.717) is 11.3 Å². The number of nitrogen functional groups attached to an aromatic ring is 1. The van der Waals surface area contributed by atoms with Crippen molar-refractivity contribution in [2.75, 3.05) is 12.3 Å². The van der Waals surface area contributed by atoms with Crippen LogP contribution in [0.5, 0.6) is 0 Å². The quantitative estimate of drug-likeness (QED) is 0.666. The Morgan fingerprint density at radius 3 is 2.32 bits per heavy atom. The summed E-state index contributed by atoms with van der Waals surface area (Å²) in [5, 5.41) is 0. The molecule has 0 saturated heterocycles. The number of halogens is 6. The summed E-state index contributed by atoms with van der Waals surface area (Å²) in [6.45, 7) is -2.05. The number of ether oxygens (including phenoxy) is 1. The van der Waals surface area contributed by atoms with Gasteiger partial charge in [-0.15, -0.1) is 0 Å². The lowest BCUT2D eigenvalue weighted by Crippen LogP contribution is -2.44. The fourth-order valence-corrected chi connectivity index (χ4v) is 1.30. The highest BCUT2D eigenvalue weighted by Gasteiger charge is 2.56. The molecule has 0 aliphatic carbocycles. The molecule has 2 N–H and O–H groups in total. The highest BCUT2D eigenvalue weighted by molar-refractivity contribution is 5.40. The second-order valence-electron chi connectivity index (χ2n) is 3.90. The minimum atomic E-state index is -5.62. The lowest BCUT2D eigenvalue weighted by Gasteiger charge is -2.22. The molecule has 0 saturated carbocycles. The van der Waals surface area contributed by atoms with Crippen molar-refractivity contribution in [3.8, 4) is 0 Å². The molecule has 8 heteroatoms. The van der Waals surface area contributed by atoms with Crippen LogP contribution in [0.4, 0.5) is 32.0 Å². The zero-order valence-corrected chi connectivity index (χ0v) is 9.55. The van der Waals surface area contributed by atoms with Crippen LogP contribution in [0.25, 0.3) is 0 Å². The minimum absolute atomic E-state index is 0.353. The number of hydrogen-bond acceptors (Lipinski definition) is 2. The zero-order valence-electron chi connectivity index (χ0n) is 9.55. The maximum absolute atomic E-state index is 12.9. The Balaban J connectivity index is 2.52. The second-order valence-corrected chi connectivity index (χ2v) is 3.90. The van der Waals surface area contributed by atoms with Gasteiger partial charge in [-0.1, -0.05) is 12.1 Å². The van der Waals surface area contributed by atoms with Gasteiger partial charge in [0.2, 0.25) is 0 Å². The summed E-state index contributed by atoms with van der Waals surface area (Å²) in [6.07, 6.45) is -9.87. The summed E-state index contributed by atoms with van der Waals surface area (Å²) in [7, 11) is 0. The molecule has 0 aromatic heterocycles. The van der Waals surface area contributed by atoms with E-state index in [-0.39, 0.29) is 6.61 Å². The molecule has 0 fully saturated rings. The Bertz CT molecular complexity index is 420. The first-order valence-electron chi connectivity index (χ1n) is 5.13. The molecule has 0 amide bonds. The first-order chi connectivity index (χ1) is 8.63. The molecule has 0 aliphatic rings. The summed E-state index contributed by atoms with van der Waals surface area (Å²) >= 11 is 0. The third-order valence-corrected chi connectivity index (χ3v) is 2.17. The van der Waals surface area contributed by atoms with E-state index >= 15 is 0 Å². The third kappa shape index (κ3) is 4.62. The number of hydrogen-bond donors (Lipinski definition) is 1. The highest BCUT2D eigenvalue weighted by atomic mass is 19.4. The van der Waals surface area contributed by atoms with Gasteiger partial charge >= 0.3 is 12.1 Å². The van der Waals surface area contributed by atoms with Crippen molar-refractivity contribution in [3.05, 3.63) is 29.8 Å². The number of alkyl halides is 6. The summed E-state index contributed by atoms with van der Waals surface area (Å²) in [5.74, 6) is -4.63. The van der Waals surface area contributed by atoms with Gasteiger partial charge in [0.15, 0.2) is 0 Å². The number of benzene rings is 1. The van der Waals surface area contributed by atoms with E-state index in [1.807, 2.05) is 0 Å². The molecule has 2 nitrogen and oxygen atoms in total. The van der Waals surface area contributed by atoms with E-state index in [0.717, 1.165) is 0 Å². The molecule has 1 atom stereocenters. The second kappa shape index (κ2) is 5.68. The highest BCUT2D eigenvalue weighted by Crippen LogP contribution is 2.35. The largest absolute Gasteiger partial charge is 0.425 e. The van der Waals surface area contributed by atoms with E-state index < -0.39 is 24.9 Å². The molecule has 1 aromatic rings. The monoisotopic (exact) mass is 287 g/mol. The summed E-state index contributed by atoms with van der Waals surface area (Å²) in [4.78, 5) is 0. The van der Waals surface area contributed by atoms with Gasteiger partial charge < -0.3 is 10.5 Å². The molecule has 1 rings (SSSR count). The average Bonchev–Trinajstić information content (AvgIpc) is 2.26. The first-order valence-corrected chi connectivity index (χ1v) is 5.13. The third-order valence-electron chi connectivity index (χ3n) is 2.17. The van der Waals surface area contributed by atoms with Crippen LogP contribution in [0.2, 0.25) is 0 Å². The van der Waals surface area contributed by atoms with Gasteiger partial charge in [-0.05, 0) is 17.7 Å². The van der Waals surface area contributed by atoms with E-state index in [1.165, 1.54) is 18.2 Å². The van der Waals surface area contributed by atoms with Crippen molar-refractivity contribution in [3.63, 3.8) is 0 Å². The number of anilines is 1. The molecule has 1 unspecified atom stereocenters. The number of nitrogens with two attached hydrogens (primary N) is 1. The van der Waals surface area contributed by atoms with Gasteiger partial charge in [0.05, 0.1) is 6.61 Å². The number of rotatable bonds is 5. The standard InChI is InChI=1S/C11H11F6NO/c12-9(11(15,16)17)10(13,14)6-19-5-7-2-1-3-8(18)4-7/h1-4,9H,5-6,18H2. The topological polar surface area (TPSA) is 35.2 Å². The molecular weight excluding hydrogens is 276 g/mol. The smallest absolute Gasteiger partial charge is 0.399 e. The van der Waals surface area contributed by atoms with Crippen LogP contribution in [-0.2, 0) is 11.3 Å². The molecule has 19 heavy (non-hydrogen) atoms. The fourth-order valence-electron chi connectivity index (χ4n) is 1.30. The predicted molar refractivity (Wildman–Crippen MR) is 56.4 cm³/mol. The van der Waals surface area contributed by atoms with Gasteiger partial charge in [-0.3, -0.25) is 0 Å². The Morgan fingerprint density at radius 2 is 1.79 bits per heavy atom. The fraction of sp³-hybridized carbons (Fsp3) is 0.455. The van der Waals surface area contributed by atoms with Crippen LogP contribution in [0.3, 0.4) is 0 Å². The van der Waals surface area contributed by atoms with E-state index in [4.69, 9.17) is 5.73 Å². The molecule has 0 radical (unpaired) electrons. The first kappa shape index (κ1) is 15.6. The molecule has 0 bridgehead atoms. The summed E-state index contributed by atoms with van der Waals surface area (Å²) in [5.41, 5.74) is 6.16. The Labute approximate surface area is 105 Å².